The highest BCUT2D eigenvalue weighted by molar-refractivity contribution is 9.10. The molecule has 7 heteroatoms. The fourth-order valence-electron chi connectivity index (χ4n) is 3.06. The molecule has 23 heavy (non-hydrogen) atoms. The molecule has 0 bridgehead atoms. The highest BCUT2D eigenvalue weighted by Gasteiger charge is 2.37. The second-order valence-corrected chi connectivity index (χ2v) is 9.16. The van der Waals surface area contributed by atoms with E-state index in [1.807, 2.05) is 18.4 Å². The zero-order valence-electron chi connectivity index (χ0n) is 13.0. The van der Waals surface area contributed by atoms with Crippen molar-refractivity contribution in [3.05, 3.63) is 44.6 Å². The maximum atomic E-state index is 13.2. The van der Waals surface area contributed by atoms with Crippen molar-refractivity contribution in [2.24, 2.45) is 0 Å². The van der Waals surface area contributed by atoms with Crippen LogP contribution >= 0.6 is 27.3 Å². The van der Waals surface area contributed by atoms with Gasteiger partial charge in [0.15, 0.2) is 0 Å². The summed E-state index contributed by atoms with van der Waals surface area (Å²) in [5.74, 6) is 0.374. The quantitative estimate of drug-likeness (QED) is 0.750. The molecule has 0 amide bonds. The molecule has 124 valence electrons. The lowest BCUT2D eigenvalue weighted by atomic mass is 10.0. The SMILES string of the molecule is CCC1c2ccsc2CCN1S(=O)(=O)c1cc(Br)ccc1OC. The van der Waals surface area contributed by atoms with Gasteiger partial charge < -0.3 is 4.74 Å². The monoisotopic (exact) mass is 415 g/mol. The second-order valence-electron chi connectivity index (χ2n) is 5.38. The zero-order valence-corrected chi connectivity index (χ0v) is 16.2. The van der Waals surface area contributed by atoms with E-state index in [9.17, 15) is 8.42 Å². The maximum absolute atomic E-state index is 13.2. The molecule has 1 atom stereocenters. The predicted molar refractivity (Wildman–Crippen MR) is 95.6 cm³/mol. The average Bonchev–Trinajstić information content (AvgIpc) is 3.02. The van der Waals surface area contributed by atoms with E-state index in [1.165, 1.54) is 12.0 Å². The third-order valence-corrected chi connectivity index (χ3v) is 7.56. The lowest BCUT2D eigenvalue weighted by molar-refractivity contribution is 0.301. The van der Waals surface area contributed by atoms with Gasteiger partial charge in [0.2, 0.25) is 10.0 Å². The summed E-state index contributed by atoms with van der Waals surface area (Å²) in [6.07, 6.45) is 1.51. The Morgan fingerprint density at radius 3 is 2.87 bits per heavy atom. The number of nitrogens with zero attached hydrogens (tertiary/aromatic N) is 1. The highest BCUT2D eigenvalue weighted by atomic mass is 79.9. The number of methoxy groups -OCH3 is 1. The lowest BCUT2D eigenvalue weighted by Crippen LogP contribution is -2.39. The minimum absolute atomic E-state index is 0.112. The molecular weight excluding hydrogens is 398 g/mol. The molecule has 0 aliphatic carbocycles. The van der Waals surface area contributed by atoms with Gasteiger partial charge in [-0.1, -0.05) is 22.9 Å². The Bertz CT molecular complexity index is 816. The van der Waals surface area contributed by atoms with Crippen molar-refractivity contribution < 1.29 is 13.2 Å². The van der Waals surface area contributed by atoms with E-state index < -0.39 is 10.0 Å². The Kier molecular flexibility index (Phi) is 4.83. The molecule has 2 aromatic rings. The van der Waals surface area contributed by atoms with Crippen LogP contribution in [-0.4, -0.2) is 26.4 Å². The standard InChI is InChI=1S/C16H18BrNO3S2/c1-3-13-12-7-9-22-15(12)6-8-18(13)23(19,20)16-10-11(17)4-5-14(16)21-2/h4-5,7,9-10,13H,3,6,8H2,1-2H3. The van der Waals surface area contributed by atoms with Crippen LogP contribution in [0.25, 0.3) is 0 Å². The number of ether oxygens (including phenoxy) is 1. The van der Waals surface area contributed by atoms with Crippen LogP contribution in [0, 0.1) is 0 Å². The molecule has 0 fully saturated rings. The molecule has 2 heterocycles. The second kappa shape index (κ2) is 6.55. The van der Waals surface area contributed by atoms with Crippen molar-refractivity contribution in [3.8, 4) is 5.75 Å². The number of benzene rings is 1. The summed E-state index contributed by atoms with van der Waals surface area (Å²) in [5, 5.41) is 2.04. The van der Waals surface area contributed by atoms with E-state index in [2.05, 4.69) is 15.9 Å². The van der Waals surface area contributed by atoms with E-state index in [0.29, 0.717) is 12.3 Å². The van der Waals surface area contributed by atoms with Crippen molar-refractivity contribution in [1.29, 1.82) is 0 Å². The molecule has 1 aromatic carbocycles. The number of thiophene rings is 1. The molecule has 4 nitrogen and oxygen atoms in total. The number of halogens is 1. The van der Waals surface area contributed by atoms with E-state index in [-0.39, 0.29) is 10.9 Å². The molecule has 1 aliphatic heterocycles. The first-order valence-corrected chi connectivity index (χ1v) is 10.5. The van der Waals surface area contributed by atoms with Gasteiger partial charge in [0.1, 0.15) is 10.6 Å². The Morgan fingerprint density at radius 1 is 1.39 bits per heavy atom. The van der Waals surface area contributed by atoms with Gasteiger partial charge in [-0.25, -0.2) is 8.42 Å². The first kappa shape index (κ1) is 17.0. The summed E-state index contributed by atoms with van der Waals surface area (Å²) < 4.78 is 34.1. The van der Waals surface area contributed by atoms with Gasteiger partial charge in [0.05, 0.1) is 13.2 Å². The molecule has 0 saturated heterocycles. The first-order chi connectivity index (χ1) is 11.0. The number of hydrogen-bond donors (Lipinski definition) is 0. The molecule has 1 aliphatic rings. The molecular formula is C16H18BrNO3S2. The van der Waals surface area contributed by atoms with Gasteiger partial charge in [-0.05, 0) is 48.1 Å². The summed E-state index contributed by atoms with van der Waals surface area (Å²) in [6, 6.07) is 7.01. The summed E-state index contributed by atoms with van der Waals surface area (Å²) in [4.78, 5) is 1.51. The predicted octanol–water partition coefficient (Wildman–Crippen LogP) is 4.22. The third-order valence-electron chi connectivity index (χ3n) is 4.14. The fourth-order valence-corrected chi connectivity index (χ4v) is 6.37. The zero-order chi connectivity index (χ0) is 16.6. The number of hydrogen-bond acceptors (Lipinski definition) is 4. The van der Waals surface area contributed by atoms with Gasteiger partial charge in [0.25, 0.3) is 0 Å². The van der Waals surface area contributed by atoms with Gasteiger partial charge in [-0.3, -0.25) is 0 Å². The van der Waals surface area contributed by atoms with Gasteiger partial charge in [-0.15, -0.1) is 11.3 Å². The normalized spacial score (nSPS) is 18.7. The molecule has 0 spiro atoms. The third kappa shape index (κ3) is 2.95. The minimum Gasteiger partial charge on any atom is -0.495 e. The molecule has 0 radical (unpaired) electrons. The topological polar surface area (TPSA) is 46.6 Å². The van der Waals surface area contributed by atoms with Crippen LogP contribution in [-0.2, 0) is 16.4 Å². The van der Waals surface area contributed by atoms with Gasteiger partial charge >= 0.3 is 0 Å². The van der Waals surface area contributed by atoms with Crippen LogP contribution in [0.3, 0.4) is 0 Å². The largest absolute Gasteiger partial charge is 0.495 e. The van der Waals surface area contributed by atoms with Crippen molar-refractivity contribution in [1.82, 2.24) is 4.31 Å². The van der Waals surface area contributed by atoms with Crippen LogP contribution in [0.4, 0.5) is 0 Å². The number of sulfonamides is 1. The smallest absolute Gasteiger partial charge is 0.247 e. The van der Waals surface area contributed by atoms with Crippen molar-refractivity contribution >= 4 is 37.3 Å². The summed E-state index contributed by atoms with van der Waals surface area (Å²) in [7, 11) is -2.13. The van der Waals surface area contributed by atoms with E-state index in [0.717, 1.165) is 22.9 Å². The molecule has 1 aromatic heterocycles. The summed E-state index contributed by atoms with van der Waals surface area (Å²) in [5.41, 5.74) is 1.14. The highest BCUT2D eigenvalue weighted by Crippen LogP contribution is 2.40. The van der Waals surface area contributed by atoms with Crippen molar-refractivity contribution in [3.63, 3.8) is 0 Å². The van der Waals surface area contributed by atoms with Crippen molar-refractivity contribution in [2.75, 3.05) is 13.7 Å². The van der Waals surface area contributed by atoms with Crippen LogP contribution < -0.4 is 4.74 Å². The molecule has 0 saturated carbocycles. The average molecular weight is 416 g/mol. The van der Waals surface area contributed by atoms with E-state index in [4.69, 9.17) is 4.74 Å². The Labute approximate surface area is 149 Å². The Balaban J connectivity index is 2.08. The minimum atomic E-state index is -3.63. The van der Waals surface area contributed by atoms with Crippen LogP contribution in [0.2, 0.25) is 0 Å². The summed E-state index contributed by atoms with van der Waals surface area (Å²) in [6.45, 7) is 2.53. The lowest BCUT2D eigenvalue weighted by Gasteiger charge is -2.34. The van der Waals surface area contributed by atoms with Gasteiger partial charge in [-0.2, -0.15) is 4.31 Å². The molecule has 1 unspecified atom stereocenters. The summed E-state index contributed by atoms with van der Waals surface area (Å²) >= 11 is 5.07. The van der Waals surface area contributed by atoms with Gasteiger partial charge in [0, 0.05) is 15.9 Å². The number of fused-ring (bicyclic) bond motifs is 1. The number of rotatable bonds is 4. The maximum Gasteiger partial charge on any atom is 0.247 e. The Morgan fingerprint density at radius 2 is 2.17 bits per heavy atom. The van der Waals surface area contributed by atoms with E-state index >= 15 is 0 Å². The Hall–Kier alpha value is -0.890. The van der Waals surface area contributed by atoms with E-state index in [1.54, 1.807) is 33.8 Å². The molecule has 0 N–H and O–H groups in total. The first-order valence-electron chi connectivity index (χ1n) is 7.40. The van der Waals surface area contributed by atoms with Crippen molar-refractivity contribution in [2.45, 2.75) is 30.7 Å². The fraction of sp³-hybridized carbons (Fsp3) is 0.375. The van der Waals surface area contributed by atoms with Crippen LogP contribution in [0.1, 0.15) is 29.8 Å². The molecule has 3 rings (SSSR count). The van der Waals surface area contributed by atoms with Crippen LogP contribution in [0.15, 0.2) is 39.0 Å². The van der Waals surface area contributed by atoms with Crippen LogP contribution in [0.5, 0.6) is 5.75 Å².